The number of aliphatic hydroxyl groups is 3. The maximum atomic E-state index is 11.5. The van der Waals surface area contributed by atoms with Gasteiger partial charge in [-0.25, -0.2) is 9.68 Å². The van der Waals surface area contributed by atoms with Crippen LogP contribution in [-0.4, -0.2) is 74.7 Å². The minimum atomic E-state index is -1.80. The molecule has 37 heavy (non-hydrogen) atoms. The molecule has 7 rings (SSSR count). The summed E-state index contributed by atoms with van der Waals surface area (Å²) in [6.45, 7) is 1.92. The van der Waals surface area contributed by atoms with Crippen LogP contribution >= 0.6 is 11.6 Å². The summed E-state index contributed by atoms with van der Waals surface area (Å²) in [5, 5.41) is 40.1. The largest absolute Gasteiger partial charge is 0.479 e. The molecule has 4 bridgehead atoms. The standard InChI is InChI=1S/C26H33ClO10/c1-3-13-4-5-14(8-17(13)34-23-20(30)18(28)19(29)21(35-23)22(31)32)26(33-2)25(36-37-26)15-6-12-7-16(25)11-24(27,9-12)10-15/h4-5,8,12,15-16,18-21,23,28-30H,3,6-7,9-11H2,1-2H3,(H,31,32). The highest BCUT2D eigenvalue weighted by Gasteiger charge is 2.78. The lowest BCUT2D eigenvalue weighted by Crippen LogP contribution is -2.78. The van der Waals surface area contributed by atoms with Gasteiger partial charge in [-0.3, -0.25) is 0 Å². The average molecular weight is 541 g/mol. The Bertz CT molecular complexity index is 1060. The molecule has 1 aromatic rings. The molecule has 4 saturated carbocycles. The number of halogens is 1. The monoisotopic (exact) mass is 540 g/mol. The third-order valence-corrected chi connectivity index (χ3v) is 9.77. The van der Waals surface area contributed by atoms with Crippen LogP contribution in [-0.2, 0) is 36.3 Å². The Kier molecular flexibility index (Phi) is 6.10. The molecule has 6 aliphatic rings. The van der Waals surface area contributed by atoms with Crippen LogP contribution < -0.4 is 4.74 Å². The summed E-state index contributed by atoms with van der Waals surface area (Å²) in [4.78, 5) is 23.2. The zero-order valence-electron chi connectivity index (χ0n) is 20.7. The summed E-state index contributed by atoms with van der Waals surface area (Å²) in [6.07, 6.45) is -3.29. The second-order valence-corrected chi connectivity index (χ2v) is 12.1. The van der Waals surface area contributed by atoms with Crippen molar-refractivity contribution in [3.05, 3.63) is 29.3 Å². The smallest absolute Gasteiger partial charge is 0.335 e. The minimum Gasteiger partial charge on any atom is -0.479 e. The third kappa shape index (κ3) is 3.54. The zero-order valence-corrected chi connectivity index (χ0v) is 21.5. The van der Waals surface area contributed by atoms with Gasteiger partial charge in [0.25, 0.3) is 5.79 Å². The van der Waals surface area contributed by atoms with E-state index in [1.165, 1.54) is 0 Å². The fraction of sp³-hybridized carbons (Fsp3) is 0.731. The van der Waals surface area contributed by atoms with Gasteiger partial charge in [0.1, 0.15) is 24.1 Å². The summed E-state index contributed by atoms with van der Waals surface area (Å²) in [6, 6.07) is 5.49. The number of hydrogen-bond donors (Lipinski definition) is 4. The lowest BCUT2D eigenvalue weighted by atomic mass is 9.46. The van der Waals surface area contributed by atoms with E-state index in [9.17, 15) is 25.2 Å². The molecular formula is C26H33ClO10. The van der Waals surface area contributed by atoms with E-state index in [1.807, 2.05) is 19.1 Å². The number of carbonyl (C=O) groups is 1. The Morgan fingerprint density at radius 1 is 1.08 bits per heavy atom. The number of carboxylic acids is 1. The highest BCUT2D eigenvalue weighted by atomic mass is 35.5. The lowest BCUT2D eigenvalue weighted by molar-refractivity contribution is -0.645. The molecule has 8 unspecified atom stereocenters. The molecule has 204 valence electrons. The Morgan fingerprint density at radius 3 is 2.32 bits per heavy atom. The molecule has 2 heterocycles. The first kappa shape index (κ1) is 25.8. The van der Waals surface area contributed by atoms with Gasteiger partial charge in [0.15, 0.2) is 11.7 Å². The molecule has 0 amide bonds. The van der Waals surface area contributed by atoms with Crippen LogP contribution in [0.25, 0.3) is 0 Å². The van der Waals surface area contributed by atoms with Crippen LogP contribution in [0.5, 0.6) is 5.75 Å². The van der Waals surface area contributed by atoms with Crippen molar-refractivity contribution in [2.45, 2.75) is 92.4 Å². The number of alkyl halides is 1. The fourth-order valence-electron chi connectivity index (χ4n) is 7.78. The van der Waals surface area contributed by atoms with Gasteiger partial charge in [0, 0.05) is 17.5 Å². The first-order valence-corrected chi connectivity index (χ1v) is 13.3. The summed E-state index contributed by atoms with van der Waals surface area (Å²) < 4.78 is 17.4. The molecule has 2 aliphatic heterocycles. The number of aryl methyl sites for hydroxylation is 1. The highest BCUT2D eigenvalue weighted by Crippen LogP contribution is 2.71. The fourth-order valence-corrected chi connectivity index (χ4v) is 8.37. The Labute approximate surface area is 219 Å². The van der Waals surface area contributed by atoms with Gasteiger partial charge < -0.3 is 34.6 Å². The van der Waals surface area contributed by atoms with E-state index < -0.39 is 48.1 Å². The maximum Gasteiger partial charge on any atom is 0.335 e. The van der Waals surface area contributed by atoms with Crippen molar-refractivity contribution < 1.29 is 49.2 Å². The van der Waals surface area contributed by atoms with E-state index >= 15 is 0 Å². The van der Waals surface area contributed by atoms with E-state index in [4.69, 9.17) is 35.6 Å². The molecule has 4 aliphatic carbocycles. The lowest BCUT2D eigenvalue weighted by Gasteiger charge is -2.70. The van der Waals surface area contributed by atoms with E-state index in [0.717, 1.165) is 37.7 Å². The molecule has 0 radical (unpaired) electrons. The zero-order chi connectivity index (χ0) is 26.3. The maximum absolute atomic E-state index is 11.5. The van der Waals surface area contributed by atoms with Crippen molar-refractivity contribution in [2.75, 3.05) is 7.11 Å². The molecule has 6 fully saturated rings. The minimum absolute atomic E-state index is 0.164. The summed E-state index contributed by atoms with van der Waals surface area (Å²) in [5.41, 5.74) is 0.722. The Balaban J connectivity index is 1.34. The molecule has 1 aromatic carbocycles. The average Bonchev–Trinajstić information content (AvgIpc) is 2.83. The van der Waals surface area contributed by atoms with Gasteiger partial charge in [-0.2, -0.15) is 4.89 Å². The number of benzene rings is 1. The van der Waals surface area contributed by atoms with Gasteiger partial charge in [0.2, 0.25) is 6.29 Å². The van der Waals surface area contributed by atoms with Crippen LogP contribution in [0.3, 0.4) is 0 Å². The van der Waals surface area contributed by atoms with Crippen molar-refractivity contribution >= 4 is 17.6 Å². The summed E-state index contributed by atoms with van der Waals surface area (Å²) in [7, 11) is 1.59. The molecule has 1 spiro atoms. The summed E-state index contributed by atoms with van der Waals surface area (Å²) in [5.74, 6) is -1.46. The van der Waals surface area contributed by atoms with E-state index in [1.54, 1.807) is 13.2 Å². The quantitative estimate of drug-likeness (QED) is 0.311. The van der Waals surface area contributed by atoms with Gasteiger partial charge in [0.05, 0.1) is 0 Å². The van der Waals surface area contributed by atoms with Gasteiger partial charge in [-0.15, -0.1) is 11.6 Å². The van der Waals surface area contributed by atoms with Gasteiger partial charge in [-0.1, -0.05) is 19.1 Å². The number of carboxylic acid groups (broad SMARTS) is 1. The highest BCUT2D eigenvalue weighted by molar-refractivity contribution is 6.24. The SMILES string of the molecule is CCc1ccc(C2(OC)OOC23C2CC4CC3CC(Cl)(C4)C2)cc1OC1OC(C(=O)O)C(O)C(O)C1O. The second-order valence-electron chi connectivity index (χ2n) is 11.3. The molecule has 4 N–H and O–H groups in total. The number of hydrogen-bond acceptors (Lipinski definition) is 9. The first-order chi connectivity index (χ1) is 17.6. The van der Waals surface area contributed by atoms with E-state index in [2.05, 4.69) is 0 Å². The number of methoxy groups -OCH3 is 1. The number of aliphatic hydroxyl groups excluding tert-OH is 3. The number of rotatable bonds is 6. The van der Waals surface area contributed by atoms with Crippen molar-refractivity contribution in [2.24, 2.45) is 17.8 Å². The Hall–Kier alpha value is -1.50. The topological polar surface area (TPSA) is 144 Å². The third-order valence-electron chi connectivity index (χ3n) is 9.31. The number of aliphatic carboxylic acids is 1. The van der Waals surface area contributed by atoms with Crippen LogP contribution in [0.1, 0.15) is 50.2 Å². The van der Waals surface area contributed by atoms with Crippen LogP contribution in [0, 0.1) is 17.8 Å². The number of ether oxygens (including phenoxy) is 3. The summed E-state index contributed by atoms with van der Waals surface area (Å²) >= 11 is 6.99. The van der Waals surface area contributed by atoms with Gasteiger partial charge >= 0.3 is 5.97 Å². The molecule has 11 heteroatoms. The molecule has 8 atom stereocenters. The second kappa shape index (κ2) is 8.76. The Morgan fingerprint density at radius 2 is 1.78 bits per heavy atom. The van der Waals surface area contributed by atoms with Crippen LogP contribution in [0.15, 0.2) is 18.2 Å². The molecule has 2 saturated heterocycles. The first-order valence-electron chi connectivity index (χ1n) is 12.9. The van der Waals surface area contributed by atoms with Crippen LogP contribution in [0.2, 0.25) is 0 Å². The van der Waals surface area contributed by atoms with Gasteiger partial charge in [-0.05, 0) is 67.9 Å². The molecule has 0 aromatic heterocycles. The van der Waals surface area contributed by atoms with E-state index in [0.29, 0.717) is 23.7 Å². The normalized spacial score (nSPS) is 48.2. The molecular weight excluding hydrogens is 508 g/mol. The predicted molar refractivity (Wildman–Crippen MR) is 126 cm³/mol. The predicted octanol–water partition coefficient (Wildman–Crippen LogP) is 1.84. The van der Waals surface area contributed by atoms with Crippen molar-refractivity contribution in [3.8, 4) is 5.75 Å². The van der Waals surface area contributed by atoms with E-state index in [-0.39, 0.29) is 16.7 Å². The van der Waals surface area contributed by atoms with Crippen molar-refractivity contribution in [3.63, 3.8) is 0 Å². The van der Waals surface area contributed by atoms with Crippen LogP contribution in [0.4, 0.5) is 0 Å². The van der Waals surface area contributed by atoms with Crippen molar-refractivity contribution in [1.29, 1.82) is 0 Å². The molecule has 10 nitrogen and oxygen atoms in total. The van der Waals surface area contributed by atoms with Crippen molar-refractivity contribution in [1.82, 2.24) is 0 Å².